The quantitative estimate of drug-likeness (QED) is 0.667. The van der Waals surface area contributed by atoms with Crippen molar-refractivity contribution < 1.29 is 14.1 Å². The van der Waals surface area contributed by atoms with Crippen LogP contribution < -0.4 is 10.2 Å². The van der Waals surface area contributed by atoms with E-state index in [1.165, 1.54) is 12.1 Å². The number of hydrogen-bond donors (Lipinski definition) is 1. The minimum Gasteiger partial charge on any atom is -0.423 e. The molecule has 0 bridgehead atoms. The lowest BCUT2D eigenvalue weighted by atomic mass is 10.3. The van der Waals surface area contributed by atoms with Gasteiger partial charge >= 0.3 is 0 Å². The number of non-ortho nitro benzene ring substituents is 1. The maximum absolute atomic E-state index is 10.8. The molecule has 3 rings (SSSR count). The Bertz CT molecular complexity index is 651. The molecular formula is C13H16N4O4. The SMILES string of the molecule is CN(CC1CNCCO1)c1nc2cc([N+](=O)[O-])ccc2o1. The largest absolute Gasteiger partial charge is 0.423 e. The second kappa shape index (κ2) is 5.66. The number of benzene rings is 1. The van der Waals surface area contributed by atoms with Crippen LogP contribution in [-0.4, -0.2) is 49.3 Å². The number of likely N-dealkylation sites (N-methyl/N-ethyl adjacent to an activating group) is 1. The van der Waals surface area contributed by atoms with E-state index in [9.17, 15) is 10.1 Å². The predicted molar refractivity (Wildman–Crippen MR) is 76.5 cm³/mol. The zero-order valence-corrected chi connectivity index (χ0v) is 11.6. The van der Waals surface area contributed by atoms with E-state index in [1.54, 1.807) is 6.07 Å². The topological polar surface area (TPSA) is 93.7 Å². The van der Waals surface area contributed by atoms with Crippen LogP contribution >= 0.6 is 0 Å². The maximum atomic E-state index is 10.8. The molecule has 1 N–H and O–H groups in total. The second-order valence-electron chi connectivity index (χ2n) is 4.98. The molecule has 8 nitrogen and oxygen atoms in total. The third-order valence-electron chi connectivity index (χ3n) is 3.38. The van der Waals surface area contributed by atoms with Crippen molar-refractivity contribution >= 4 is 22.8 Å². The Balaban J connectivity index is 1.78. The minimum absolute atomic E-state index is 0.00446. The highest BCUT2D eigenvalue weighted by molar-refractivity contribution is 5.77. The number of aromatic nitrogens is 1. The van der Waals surface area contributed by atoms with Crippen molar-refractivity contribution in [3.8, 4) is 0 Å². The van der Waals surface area contributed by atoms with Crippen molar-refractivity contribution in [3.63, 3.8) is 0 Å². The van der Waals surface area contributed by atoms with Crippen LogP contribution in [-0.2, 0) is 4.74 Å². The Morgan fingerprint density at radius 3 is 3.14 bits per heavy atom. The van der Waals surface area contributed by atoms with E-state index < -0.39 is 4.92 Å². The van der Waals surface area contributed by atoms with Crippen molar-refractivity contribution in [2.24, 2.45) is 0 Å². The average Bonchev–Trinajstić information content (AvgIpc) is 2.91. The lowest BCUT2D eigenvalue weighted by molar-refractivity contribution is -0.384. The van der Waals surface area contributed by atoms with Crippen molar-refractivity contribution in [1.82, 2.24) is 10.3 Å². The van der Waals surface area contributed by atoms with Crippen LogP contribution in [0.2, 0.25) is 0 Å². The highest BCUT2D eigenvalue weighted by Crippen LogP contribution is 2.25. The maximum Gasteiger partial charge on any atom is 0.298 e. The van der Waals surface area contributed by atoms with Crippen LogP contribution in [0.25, 0.3) is 11.1 Å². The summed E-state index contributed by atoms with van der Waals surface area (Å²) < 4.78 is 11.3. The Kier molecular flexibility index (Phi) is 3.72. The van der Waals surface area contributed by atoms with Crippen LogP contribution in [0.3, 0.4) is 0 Å². The summed E-state index contributed by atoms with van der Waals surface area (Å²) in [6.07, 6.45) is 0.0769. The van der Waals surface area contributed by atoms with Gasteiger partial charge in [0.2, 0.25) is 0 Å². The molecule has 2 heterocycles. The molecule has 0 radical (unpaired) electrons. The van der Waals surface area contributed by atoms with E-state index in [0.29, 0.717) is 30.3 Å². The summed E-state index contributed by atoms with van der Waals surface area (Å²) in [6.45, 7) is 2.99. The van der Waals surface area contributed by atoms with Gasteiger partial charge in [0.1, 0.15) is 5.52 Å². The van der Waals surface area contributed by atoms with Crippen molar-refractivity contribution in [1.29, 1.82) is 0 Å². The number of morpholine rings is 1. The van der Waals surface area contributed by atoms with Gasteiger partial charge in [0.05, 0.1) is 17.6 Å². The summed E-state index contributed by atoms with van der Waals surface area (Å²) in [4.78, 5) is 16.5. The summed E-state index contributed by atoms with van der Waals surface area (Å²) in [7, 11) is 1.86. The fraction of sp³-hybridized carbons (Fsp3) is 0.462. The summed E-state index contributed by atoms with van der Waals surface area (Å²) in [5.74, 6) is 0. The number of nitrogens with one attached hydrogen (secondary N) is 1. The van der Waals surface area contributed by atoms with Crippen LogP contribution in [0.4, 0.5) is 11.7 Å². The molecule has 1 saturated heterocycles. The molecule has 0 saturated carbocycles. The van der Waals surface area contributed by atoms with Crippen molar-refractivity contribution in [3.05, 3.63) is 28.3 Å². The molecule has 1 unspecified atom stereocenters. The lowest BCUT2D eigenvalue weighted by Crippen LogP contribution is -2.44. The standard InChI is InChI=1S/C13H16N4O4/c1-16(8-10-7-14-4-5-20-10)13-15-11-6-9(17(18)19)2-3-12(11)21-13/h2-3,6,10,14H,4-5,7-8H2,1H3. The number of rotatable bonds is 4. The van der Waals surface area contributed by atoms with Gasteiger partial charge in [0.25, 0.3) is 11.7 Å². The van der Waals surface area contributed by atoms with E-state index in [1.807, 2.05) is 11.9 Å². The van der Waals surface area contributed by atoms with Gasteiger partial charge in [-0.1, -0.05) is 0 Å². The number of nitro benzene ring substituents is 1. The number of oxazole rings is 1. The van der Waals surface area contributed by atoms with Gasteiger partial charge in [0, 0.05) is 38.8 Å². The summed E-state index contributed by atoms with van der Waals surface area (Å²) in [6, 6.07) is 4.82. The van der Waals surface area contributed by atoms with Gasteiger partial charge in [0.15, 0.2) is 5.58 Å². The van der Waals surface area contributed by atoms with Crippen molar-refractivity contribution in [2.75, 3.05) is 38.2 Å². The third-order valence-corrected chi connectivity index (χ3v) is 3.38. The molecule has 1 fully saturated rings. The lowest BCUT2D eigenvalue weighted by Gasteiger charge is -2.27. The first kappa shape index (κ1) is 13.8. The predicted octanol–water partition coefficient (Wildman–Crippen LogP) is 1.16. The Labute approximate surface area is 120 Å². The van der Waals surface area contributed by atoms with Gasteiger partial charge in [-0.3, -0.25) is 10.1 Å². The van der Waals surface area contributed by atoms with Crippen molar-refractivity contribution in [2.45, 2.75) is 6.10 Å². The van der Waals surface area contributed by atoms with Crippen LogP contribution in [0.1, 0.15) is 0 Å². The van der Waals surface area contributed by atoms with Gasteiger partial charge < -0.3 is 19.4 Å². The molecule has 1 aromatic carbocycles. The van der Waals surface area contributed by atoms with Gasteiger partial charge in [-0.05, 0) is 6.07 Å². The third kappa shape index (κ3) is 2.96. The molecule has 1 aliphatic rings. The molecule has 2 aromatic rings. The molecule has 21 heavy (non-hydrogen) atoms. The van der Waals surface area contributed by atoms with Crippen LogP contribution in [0.5, 0.6) is 0 Å². The normalized spacial score (nSPS) is 18.8. The summed E-state index contributed by atoms with van der Waals surface area (Å²) in [5, 5.41) is 14.0. The molecule has 0 spiro atoms. The van der Waals surface area contributed by atoms with Gasteiger partial charge in [-0.25, -0.2) is 0 Å². The monoisotopic (exact) mass is 292 g/mol. The molecule has 8 heteroatoms. The van der Waals surface area contributed by atoms with Crippen LogP contribution in [0.15, 0.2) is 22.6 Å². The molecule has 1 atom stereocenters. The first-order chi connectivity index (χ1) is 10.1. The van der Waals surface area contributed by atoms with E-state index in [4.69, 9.17) is 9.15 Å². The molecular weight excluding hydrogens is 276 g/mol. The Hall–Kier alpha value is -2.19. The number of nitro groups is 1. The zero-order valence-electron chi connectivity index (χ0n) is 11.6. The first-order valence-electron chi connectivity index (χ1n) is 6.72. The number of ether oxygens (including phenoxy) is 1. The van der Waals surface area contributed by atoms with E-state index >= 15 is 0 Å². The fourth-order valence-electron chi connectivity index (χ4n) is 2.30. The number of anilines is 1. The summed E-state index contributed by atoms with van der Waals surface area (Å²) in [5.41, 5.74) is 1.02. The molecule has 0 aliphatic carbocycles. The minimum atomic E-state index is -0.445. The average molecular weight is 292 g/mol. The van der Waals surface area contributed by atoms with E-state index in [-0.39, 0.29) is 11.8 Å². The highest BCUT2D eigenvalue weighted by Gasteiger charge is 2.19. The first-order valence-corrected chi connectivity index (χ1v) is 6.72. The van der Waals surface area contributed by atoms with E-state index in [2.05, 4.69) is 10.3 Å². The number of hydrogen-bond acceptors (Lipinski definition) is 7. The smallest absolute Gasteiger partial charge is 0.298 e. The number of nitrogens with zero attached hydrogens (tertiary/aromatic N) is 3. The van der Waals surface area contributed by atoms with Gasteiger partial charge in [-0.15, -0.1) is 0 Å². The number of fused-ring (bicyclic) bond motifs is 1. The Morgan fingerprint density at radius 2 is 2.43 bits per heavy atom. The van der Waals surface area contributed by atoms with E-state index in [0.717, 1.165) is 13.1 Å². The zero-order chi connectivity index (χ0) is 14.8. The molecule has 1 aromatic heterocycles. The second-order valence-corrected chi connectivity index (χ2v) is 4.98. The molecule has 1 aliphatic heterocycles. The van der Waals surface area contributed by atoms with Gasteiger partial charge in [-0.2, -0.15) is 4.98 Å². The molecule has 0 amide bonds. The fourth-order valence-corrected chi connectivity index (χ4v) is 2.30. The van der Waals surface area contributed by atoms with Crippen LogP contribution in [0, 0.1) is 10.1 Å². The summed E-state index contributed by atoms with van der Waals surface area (Å²) >= 11 is 0. The molecule has 112 valence electrons. The Morgan fingerprint density at radius 1 is 1.57 bits per heavy atom. The highest BCUT2D eigenvalue weighted by atomic mass is 16.6.